The van der Waals surface area contributed by atoms with Crippen LogP contribution in [-0.4, -0.2) is 30.4 Å². The van der Waals surface area contributed by atoms with Gasteiger partial charge in [0.25, 0.3) is 11.8 Å². The Morgan fingerprint density at radius 1 is 1.33 bits per heavy atom. The van der Waals surface area contributed by atoms with E-state index in [0.717, 1.165) is 47.3 Å². The van der Waals surface area contributed by atoms with Gasteiger partial charge in [0.05, 0.1) is 7.11 Å². The summed E-state index contributed by atoms with van der Waals surface area (Å²) in [7, 11) is 1.63. The summed E-state index contributed by atoms with van der Waals surface area (Å²) in [6.45, 7) is 6.49. The van der Waals surface area contributed by atoms with Crippen molar-refractivity contribution in [3.8, 4) is 5.75 Å². The Bertz CT molecular complexity index is 701. The summed E-state index contributed by atoms with van der Waals surface area (Å²) in [5, 5.41) is 0. The van der Waals surface area contributed by atoms with Crippen molar-refractivity contribution in [2.24, 2.45) is 0 Å². The van der Waals surface area contributed by atoms with Gasteiger partial charge in [-0.25, -0.2) is 0 Å². The van der Waals surface area contributed by atoms with Gasteiger partial charge in [0.2, 0.25) is 0 Å². The number of benzene rings is 1. The molecule has 0 bridgehead atoms. The third-order valence-electron chi connectivity index (χ3n) is 4.33. The summed E-state index contributed by atoms with van der Waals surface area (Å²) in [5.41, 5.74) is 3.82. The van der Waals surface area contributed by atoms with E-state index >= 15 is 0 Å². The first-order valence-corrected chi connectivity index (χ1v) is 8.36. The lowest BCUT2D eigenvalue weighted by atomic mass is 10.0. The molecule has 0 saturated carbocycles. The normalized spacial score (nSPS) is 14.9. The Morgan fingerprint density at radius 2 is 2.08 bits per heavy atom. The van der Waals surface area contributed by atoms with Gasteiger partial charge in [-0.3, -0.25) is 14.5 Å². The zero-order chi connectivity index (χ0) is 17.7. The highest BCUT2D eigenvalue weighted by molar-refractivity contribution is 6.09. The van der Waals surface area contributed by atoms with Crippen molar-refractivity contribution in [1.82, 2.24) is 4.90 Å². The average molecular weight is 327 g/mol. The van der Waals surface area contributed by atoms with E-state index in [-0.39, 0.29) is 11.8 Å². The number of methoxy groups -OCH3 is 1. The van der Waals surface area contributed by atoms with Crippen molar-refractivity contribution in [2.75, 3.05) is 13.7 Å². The summed E-state index contributed by atoms with van der Waals surface area (Å²) in [4.78, 5) is 26.1. The Hall–Kier alpha value is -2.36. The fourth-order valence-corrected chi connectivity index (χ4v) is 2.84. The Kier molecular flexibility index (Phi) is 5.96. The second-order valence-electron chi connectivity index (χ2n) is 6.06. The number of ether oxygens (including phenoxy) is 1. The molecule has 0 aromatic heterocycles. The molecular weight excluding hydrogens is 302 g/mol. The van der Waals surface area contributed by atoms with Crippen LogP contribution in [0.2, 0.25) is 0 Å². The van der Waals surface area contributed by atoms with E-state index in [4.69, 9.17) is 4.74 Å². The van der Waals surface area contributed by atoms with E-state index in [1.165, 1.54) is 11.0 Å². The largest absolute Gasteiger partial charge is 0.496 e. The quantitative estimate of drug-likeness (QED) is 0.773. The number of imide groups is 1. The molecule has 24 heavy (non-hydrogen) atoms. The second kappa shape index (κ2) is 7.95. The molecule has 1 aromatic rings. The molecule has 1 aliphatic heterocycles. The maximum Gasteiger partial charge on any atom is 0.256 e. The summed E-state index contributed by atoms with van der Waals surface area (Å²) in [6.07, 6.45) is 7.52. The molecular formula is C20H25NO3. The van der Waals surface area contributed by atoms with Gasteiger partial charge >= 0.3 is 0 Å². The van der Waals surface area contributed by atoms with Crippen LogP contribution in [0, 0.1) is 13.8 Å². The highest BCUT2D eigenvalue weighted by Gasteiger charge is 2.25. The first kappa shape index (κ1) is 18.0. The van der Waals surface area contributed by atoms with Crippen LogP contribution in [0.1, 0.15) is 42.9 Å². The van der Waals surface area contributed by atoms with Crippen LogP contribution < -0.4 is 4.74 Å². The number of hydrogen-bond acceptors (Lipinski definition) is 3. The molecule has 0 spiro atoms. The van der Waals surface area contributed by atoms with Gasteiger partial charge in [0.15, 0.2) is 0 Å². The molecule has 4 nitrogen and oxygen atoms in total. The molecule has 1 aromatic carbocycles. The molecule has 1 heterocycles. The third-order valence-corrected chi connectivity index (χ3v) is 4.33. The number of hydrogen-bond donors (Lipinski definition) is 0. The van der Waals surface area contributed by atoms with E-state index in [1.54, 1.807) is 13.2 Å². The second-order valence-corrected chi connectivity index (χ2v) is 6.06. The van der Waals surface area contributed by atoms with E-state index in [9.17, 15) is 9.59 Å². The number of carbonyl (C=O) groups is 2. The van der Waals surface area contributed by atoms with Crippen LogP contribution >= 0.6 is 0 Å². The highest BCUT2D eigenvalue weighted by atomic mass is 16.5. The van der Waals surface area contributed by atoms with Crippen molar-refractivity contribution in [2.45, 2.75) is 40.0 Å². The zero-order valence-electron chi connectivity index (χ0n) is 14.9. The zero-order valence-corrected chi connectivity index (χ0v) is 14.9. The first-order chi connectivity index (χ1) is 11.5. The summed E-state index contributed by atoms with van der Waals surface area (Å²) >= 11 is 0. The fraction of sp³-hybridized carbons (Fsp3) is 0.400. The predicted octanol–water partition coefficient (Wildman–Crippen LogP) is 3.81. The van der Waals surface area contributed by atoms with Crippen molar-refractivity contribution in [3.63, 3.8) is 0 Å². The lowest BCUT2D eigenvalue weighted by Gasteiger charge is -2.24. The van der Waals surface area contributed by atoms with Gasteiger partial charge in [-0.15, -0.1) is 0 Å². The predicted molar refractivity (Wildman–Crippen MR) is 95.8 cm³/mol. The Balaban J connectivity index is 2.15. The van der Waals surface area contributed by atoms with Crippen molar-refractivity contribution < 1.29 is 14.3 Å². The molecule has 0 atom stereocenters. The van der Waals surface area contributed by atoms with Crippen LogP contribution in [0.5, 0.6) is 5.75 Å². The lowest BCUT2D eigenvalue weighted by molar-refractivity contribution is -0.139. The molecule has 0 N–H and O–H groups in total. The number of aryl methyl sites for hydroxylation is 1. The fourth-order valence-electron chi connectivity index (χ4n) is 2.84. The average Bonchev–Trinajstić information content (AvgIpc) is 2.57. The lowest BCUT2D eigenvalue weighted by Crippen LogP contribution is -2.39. The van der Waals surface area contributed by atoms with Gasteiger partial charge in [-0.1, -0.05) is 25.5 Å². The molecule has 2 rings (SSSR count). The van der Waals surface area contributed by atoms with Crippen LogP contribution in [-0.2, 0) is 9.59 Å². The van der Waals surface area contributed by atoms with Crippen LogP contribution in [0.4, 0.5) is 0 Å². The molecule has 0 saturated heterocycles. The minimum atomic E-state index is -0.265. The molecule has 2 amide bonds. The van der Waals surface area contributed by atoms with E-state index < -0.39 is 0 Å². The Morgan fingerprint density at radius 3 is 2.75 bits per heavy atom. The van der Waals surface area contributed by atoms with Crippen molar-refractivity contribution >= 4 is 17.9 Å². The standard InChI is InChI=1S/C20H25NO3/c1-5-7-17-8-6-11-21(20(17)23)19(22)10-9-16-12-14(2)15(3)18(13-16)24-4/h8-10,12-13H,5-7,11H2,1-4H3/b10-9+. The van der Waals surface area contributed by atoms with Gasteiger partial charge in [0, 0.05) is 18.2 Å². The minimum Gasteiger partial charge on any atom is -0.496 e. The summed E-state index contributed by atoms with van der Waals surface area (Å²) in [5.74, 6) is 0.374. The Labute approximate surface area is 143 Å². The van der Waals surface area contributed by atoms with E-state index in [1.807, 2.05) is 39.0 Å². The monoisotopic (exact) mass is 327 g/mol. The summed E-state index contributed by atoms with van der Waals surface area (Å²) < 4.78 is 5.36. The maximum atomic E-state index is 12.4. The SMILES string of the molecule is CCCC1=CCCN(C(=O)/C=C/c2cc(C)c(C)c(OC)c2)C1=O. The number of nitrogens with zero attached hydrogens (tertiary/aromatic N) is 1. The third kappa shape index (κ3) is 3.94. The molecule has 1 aliphatic rings. The number of carbonyl (C=O) groups excluding carboxylic acids is 2. The number of amides is 2. The molecule has 0 radical (unpaired) electrons. The highest BCUT2D eigenvalue weighted by Crippen LogP contribution is 2.24. The van der Waals surface area contributed by atoms with Gasteiger partial charge in [-0.05, 0) is 55.5 Å². The van der Waals surface area contributed by atoms with E-state index in [0.29, 0.717) is 6.54 Å². The van der Waals surface area contributed by atoms with Gasteiger partial charge < -0.3 is 4.74 Å². The van der Waals surface area contributed by atoms with Crippen molar-refractivity contribution in [3.05, 3.63) is 46.5 Å². The molecule has 0 aliphatic carbocycles. The van der Waals surface area contributed by atoms with Gasteiger partial charge in [-0.2, -0.15) is 0 Å². The van der Waals surface area contributed by atoms with Gasteiger partial charge in [0.1, 0.15) is 5.75 Å². The maximum absolute atomic E-state index is 12.4. The van der Waals surface area contributed by atoms with Crippen LogP contribution in [0.3, 0.4) is 0 Å². The molecule has 0 unspecified atom stereocenters. The number of rotatable bonds is 5. The summed E-state index contributed by atoms with van der Waals surface area (Å²) in [6, 6.07) is 3.90. The molecule has 4 heteroatoms. The smallest absolute Gasteiger partial charge is 0.256 e. The molecule has 128 valence electrons. The van der Waals surface area contributed by atoms with Crippen LogP contribution in [0.15, 0.2) is 29.9 Å². The first-order valence-electron chi connectivity index (χ1n) is 8.36. The van der Waals surface area contributed by atoms with Crippen LogP contribution in [0.25, 0.3) is 6.08 Å². The topological polar surface area (TPSA) is 46.6 Å². The van der Waals surface area contributed by atoms with E-state index in [2.05, 4.69) is 0 Å². The van der Waals surface area contributed by atoms with Crippen molar-refractivity contribution in [1.29, 1.82) is 0 Å². The minimum absolute atomic E-state index is 0.157. The molecule has 0 fully saturated rings.